The second-order valence-electron chi connectivity index (χ2n) is 7.17. The first kappa shape index (κ1) is 19.4. The maximum absolute atomic E-state index is 13.5. The van der Waals surface area contributed by atoms with Gasteiger partial charge in [0.25, 0.3) is 5.56 Å². The largest absolute Gasteiger partial charge is 0.391 e. The number of rotatable bonds is 5. The minimum Gasteiger partial charge on any atom is -0.391 e. The lowest BCUT2D eigenvalue weighted by atomic mass is 10.1. The van der Waals surface area contributed by atoms with Crippen molar-refractivity contribution in [3.05, 3.63) is 50.1 Å². The molecule has 0 radical (unpaired) electrons. The van der Waals surface area contributed by atoms with Crippen LogP contribution in [-0.2, 0) is 13.0 Å². The number of fused-ring (bicyclic) bond motifs is 3. The van der Waals surface area contributed by atoms with E-state index in [9.17, 15) is 9.90 Å². The van der Waals surface area contributed by atoms with Crippen LogP contribution < -0.4 is 10.9 Å². The molecule has 1 aliphatic heterocycles. The Morgan fingerprint density at radius 3 is 2.82 bits per heavy atom. The van der Waals surface area contributed by atoms with Crippen LogP contribution in [0.15, 0.2) is 29.1 Å². The Morgan fingerprint density at radius 1 is 1.36 bits per heavy atom. The second kappa shape index (κ2) is 7.83. The van der Waals surface area contributed by atoms with Crippen LogP contribution >= 0.6 is 22.9 Å². The Morgan fingerprint density at radius 2 is 2.11 bits per heavy atom. The van der Waals surface area contributed by atoms with Gasteiger partial charge in [-0.2, -0.15) is 0 Å². The summed E-state index contributed by atoms with van der Waals surface area (Å²) in [4.78, 5) is 22.5. The Labute approximate surface area is 172 Å². The van der Waals surface area contributed by atoms with Crippen molar-refractivity contribution < 1.29 is 5.11 Å². The van der Waals surface area contributed by atoms with Gasteiger partial charge in [-0.05, 0) is 49.7 Å². The Balaban J connectivity index is 1.91. The van der Waals surface area contributed by atoms with Gasteiger partial charge in [0.15, 0.2) is 0 Å². The number of aliphatic hydroxyl groups is 1. The molecule has 0 saturated heterocycles. The van der Waals surface area contributed by atoms with Gasteiger partial charge in [0.05, 0.1) is 17.2 Å². The number of aromatic nitrogens is 2. The monoisotopic (exact) mass is 418 g/mol. The summed E-state index contributed by atoms with van der Waals surface area (Å²) in [7, 11) is 2.09. The van der Waals surface area contributed by atoms with E-state index in [1.807, 2.05) is 19.1 Å². The Hall–Kier alpha value is -1.93. The normalized spacial score (nSPS) is 15.6. The molecule has 0 fully saturated rings. The molecule has 0 spiro atoms. The van der Waals surface area contributed by atoms with Gasteiger partial charge in [-0.15, -0.1) is 11.3 Å². The van der Waals surface area contributed by atoms with E-state index in [-0.39, 0.29) is 5.56 Å². The number of benzene rings is 1. The first-order valence-corrected chi connectivity index (χ1v) is 10.6. The van der Waals surface area contributed by atoms with Crippen molar-refractivity contribution in [1.29, 1.82) is 0 Å². The van der Waals surface area contributed by atoms with Crippen LogP contribution in [0.25, 0.3) is 15.9 Å². The molecular weight excluding hydrogens is 396 g/mol. The fraction of sp³-hybridized carbons (Fsp3) is 0.400. The first-order valence-electron chi connectivity index (χ1n) is 9.41. The predicted octanol–water partition coefficient (Wildman–Crippen LogP) is 3.27. The van der Waals surface area contributed by atoms with Gasteiger partial charge in [0.1, 0.15) is 4.83 Å². The van der Waals surface area contributed by atoms with Crippen LogP contribution in [0.4, 0.5) is 5.95 Å². The molecule has 0 bridgehead atoms. The molecule has 28 heavy (non-hydrogen) atoms. The second-order valence-corrected chi connectivity index (χ2v) is 8.69. The number of likely N-dealkylation sites (N-methyl/N-ethyl adjacent to an activating group) is 1. The standard InChI is InChI=1S/C20H23ClN4O2S/c1-3-14(26)10-22-20-23-18-17(15-8-9-24(2)11-16(15)28-18)19(27)25(20)13-6-4-12(21)5-7-13/h4-7,14,26H,3,8-11H2,1-2H3,(H,22,23). The lowest BCUT2D eigenvalue weighted by Crippen LogP contribution is -2.28. The molecular formula is C20H23ClN4O2S. The van der Waals surface area contributed by atoms with E-state index in [2.05, 4.69) is 17.3 Å². The highest BCUT2D eigenvalue weighted by molar-refractivity contribution is 7.18. The van der Waals surface area contributed by atoms with Crippen LogP contribution in [0.2, 0.25) is 5.02 Å². The molecule has 2 aromatic heterocycles. The summed E-state index contributed by atoms with van der Waals surface area (Å²) in [5.41, 5.74) is 1.74. The minimum atomic E-state index is -0.503. The summed E-state index contributed by atoms with van der Waals surface area (Å²) in [6, 6.07) is 7.14. The molecule has 0 aliphatic carbocycles. The lowest BCUT2D eigenvalue weighted by Gasteiger charge is -2.22. The molecule has 3 aromatic rings. The quantitative estimate of drug-likeness (QED) is 0.665. The molecule has 6 nitrogen and oxygen atoms in total. The third-order valence-electron chi connectivity index (χ3n) is 5.12. The van der Waals surface area contributed by atoms with Gasteiger partial charge in [0.2, 0.25) is 5.95 Å². The number of nitrogens with zero attached hydrogens (tertiary/aromatic N) is 3. The number of aliphatic hydroxyl groups excluding tert-OH is 1. The summed E-state index contributed by atoms with van der Waals surface area (Å²) >= 11 is 7.62. The van der Waals surface area contributed by atoms with Gasteiger partial charge in [0, 0.05) is 29.5 Å². The van der Waals surface area contributed by atoms with E-state index in [0.29, 0.717) is 35.0 Å². The Kier molecular flexibility index (Phi) is 5.42. The van der Waals surface area contributed by atoms with E-state index >= 15 is 0 Å². The molecule has 3 heterocycles. The average Bonchev–Trinajstić information content (AvgIpc) is 3.04. The summed E-state index contributed by atoms with van der Waals surface area (Å²) in [6.07, 6.45) is 0.974. The molecule has 2 N–H and O–H groups in total. The molecule has 8 heteroatoms. The zero-order chi connectivity index (χ0) is 19.8. The number of hydrogen-bond donors (Lipinski definition) is 2. The van der Waals surface area contributed by atoms with Gasteiger partial charge >= 0.3 is 0 Å². The number of nitrogens with one attached hydrogen (secondary N) is 1. The number of halogens is 1. The highest BCUT2D eigenvalue weighted by Crippen LogP contribution is 2.33. The van der Waals surface area contributed by atoms with E-state index < -0.39 is 6.10 Å². The third kappa shape index (κ3) is 3.55. The van der Waals surface area contributed by atoms with Crippen molar-refractivity contribution in [2.75, 3.05) is 25.5 Å². The maximum atomic E-state index is 13.5. The molecule has 1 aromatic carbocycles. The van der Waals surface area contributed by atoms with E-state index in [0.717, 1.165) is 29.9 Å². The molecule has 1 unspecified atom stereocenters. The molecule has 0 amide bonds. The predicted molar refractivity (Wildman–Crippen MR) is 115 cm³/mol. The molecule has 4 rings (SSSR count). The number of hydrogen-bond acceptors (Lipinski definition) is 6. The van der Waals surface area contributed by atoms with Gasteiger partial charge in [-0.3, -0.25) is 4.79 Å². The SMILES string of the molecule is CCC(O)CNc1nc2sc3c(c2c(=O)n1-c1ccc(Cl)cc1)CCN(C)C3. The number of thiophene rings is 1. The van der Waals surface area contributed by atoms with Crippen LogP contribution in [0, 0.1) is 0 Å². The van der Waals surface area contributed by atoms with Crippen molar-refractivity contribution in [2.45, 2.75) is 32.4 Å². The van der Waals surface area contributed by atoms with Crippen LogP contribution in [0.1, 0.15) is 23.8 Å². The van der Waals surface area contributed by atoms with Crippen molar-refractivity contribution in [3.63, 3.8) is 0 Å². The maximum Gasteiger partial charge on any atom is 0.268 e. The number of anilines is 1. The van der Waals surface area contributed by atoms with Crippen LogP contribution in [0.3, 0.4) is 0 Å². The Bertz CT molecular complexity index is 1060. The summed E-state index contributed by atoms with van der Waals surface area (Å²) in [5, 5.41) is 14.4. The minimum absolute atomic E-state index is 0.0807. The summed E-state index contributed by atoms with van der Waals surface area (Å²) in [5.74, 6) is 0.444. The van der Waals surface area contributed by atoms with E-state index in [4.69, 9.17) is 16.6 Å². The zero-order valence-electron chi connectivity index (χ0n) is 15.9. The zero-order valence-corrected chi connectivity index (χ0v) is 17.5. The van der Waals surface area contributed by atoms with Gasteiger partial charge in [-0.25, -0.2) is 9.55 Å². The van der Waals surface area contributed by atoms with E-state index in [1.165, 1.54) is 4.88 Å². The van der Waals surface area contributed by atoms with Crippen molar-refractivity contribution in [3.8, 4) is 5.69 Å². The summed E-state index contributed by atoms with van der Waals surface area (Å²) in [6.45, 7) is 4.02. The summed E-state index contributed by atoms with van der Waals surface area (Å²) < 4.78 is 1.59. The van der Waals surface area contributed by atoms with Gasteiger partial charge < -0.3 is 15.3 Å². The fourth-order valence-corrected chi connectivity index (χ4v) is 4.89. The molecule has 1 atom stereocenters. The first-order chi connectivity index (χ1) is 13.5. The smallest absolute Gasteiger partial charge is 0.268 e. The fourth-order valence-electron chi connectivity index (χ4n) is 3.47. The van der Waals surface area contributed by atoms with Crippen molar-refractivity contribution >= 4 is 39.1 Å². The molecule has 0 saturated carbocycles. The van der Waals surface area contributed by atoms with Crippen molar-refractivity contribution in [2.24, 2.45) is 0 Å². The van der Waals surface area contributed by atoms with Crippen LogP contribution in [-0.4, -0.2) is 45.8 Å². The lowest BCUT2D eigenvalue weighted by molar-refractivity contribution is 0.183. The molecule has 1 aliphatic rings. The topological polar surface area (TPSA) is 70.4 Å². The van der Waals surface area contributed by atoms with Gasteiger partial charge in [-0.1, -0.05) is 18.5 Å². The van der Waals surface area contributed by atoms with Crippen molar-refractivity contribution in [1.82, 2.24) is 14.5 Å². The highest BCUT2D eigenvalue weighted by atomic mass is 35.5. The van der Waals surface area contributed by atoms with E-state index in [1.54, 1.807) is 28.0 Å². The highest BCUT2D eigenvalue weighted by Gasteiger charge is 2.24. The molecule has 148 valence electrons. The third-order valence-corrected chi connectivity index (χ3v) is 6.48. The van der Waals surface area contributed by atoms with Crippen LogP contribution in [0.5, 0.6) is 0 Å². The average molecular weight is 419 g/mol.